The normalized spacial score (nSPS) is 12.8. The number of hydrogen-bond acceptors (Lipinski definition) is 9. The fourth-order valence-electron chi connectivity index (χ4n) is 11.1. The molecule has 0 saturated heterocycles. The molecule has 0 atom stereocenters. The van der Waals surface area contributed by atoms with Crippen molar-refractivity contribution >= 4 is 71.2 Å². The van der Waals surface area contributed by atoms with Crippen LogP contribution in [0.25, 0.3) is 0 Å². The Morgan fingerprint density at radius 3 is 0.706 bits per heavy atom. The van der Waals surface area contributed by atoms with Gasteiger partial charge in [-0.15, -0.1) is 0 Å². The van der Waals surface area contributed by atoms with E-state index in [1.54, 1.807) is 76.2 Å². The molecule has 0 aliphatic heterocycles. The summed E-state index contributed by atoms with van der Waals surface area (Å²) in [6.07, 6.45) is 0.0547. The van der Waals surface area contributed by atoms with E-state index in [0.717, 1.165) is 0 Å². The van der Waals surface area contributed by atoms with Gasteiger partial charge in [0.1, 0.15) is 0 Å². The Hall–Kier alpha value is -8.47. The molecular formula is C72H48F15IO9S5. The van der Waals surface area contributed by atoms with E-state index >= 15 is 26.3 Å². The maximum atomic E-state index is 15.5. The molecule has 0 radical (unpaired) electrons. The van der Waals surface area contributed by atoms with Gasteiger partial charge >= 0.3 is 361 Å². The summed E-state index contributed by atoms with van der Waals surface area (Å²) in [4.78, 5) is -6.02. The molecule has 0 saturated carbocycles. The third-order valence-corrected chi connectivity index (χ3v) is 34.3. The molecule has 532 valence electrons. The molecule has 0 fully saturated rings. The Labute approximate surface area is 585 Å². The zero-order valence-electron chi connectivity index (χ0n) is 52.7. The van der Waals surface area contributed by atoms with Gasteiger partial charge < -0.3 is 0 Å². The Morgan fingerprint density at radius 1 is 0.265 bits per heavy atom. The van der Waals surface area contributed by atoms with Crippen LogP contribution in [0.5, 0.6) is 0 Å². The van der Waals surface area contributed by atoms with E-state index in [4.69, 9.17) is 9.77 Å². The number of halogens is 16. The van der Waals surface area contributed by atoms with E-state index in [-0.39, 0.29) is 49.4 Å². The molecule has 30 heteroatoms. The van der Waals surface area contributed by atoms with Gasteiger partial charge in [-0.05, 0) is 27.7 Å². The molecule has 0 amide bonds. The van der Waals surface area contributed by atoms with Gasteiger partial charge in [0.25, 0.3) is 0 Å². The van der Waals surface area contributed by atoms with Crippen LogP contribution in [0, 0.1) is 122 Å². The standard InChI is InChI=1S/C72H48F15IO9S5/c1-39-13-5-9-17-51(39)98(52-18-10-6-14-40(52)2,96-101(91,92)71-66(84)60(78)56(74)61(79)67(71)85)49-33-25-45(26-34-49)37-43-21-29-47(30-22-43)88(95-100(89,90)70-64(82)58(76)55(73)59(77)65(70)83)48-31-23-44(24-32-48)38-46-27-35-50(36-28-46)99(53-19-11-7-15-41(53)3,54-20-12-8-16-42(54)4)97-102(93,94)72-68(86)62(80)57(75)63(81)69(72)87/h5-36H,37-38H2,1-4H3. The van der Waals surface area contributed by atoms with Crippen molar-refractivity contribution in [2.24, 2.45) is 0 Å². The molecule has 11 aromatic rings. The molecule has 0 unspecified atom stereocenters. The molecular weight excluding hydrogens is 1580 g/mol. The van der Waals surface area contributed by atoms with Crippen LogP contribution in [0.1, 0.15) is 44.5 Å². The SMILES string of the molecule is Cc1ccccc1S(OS(=O)(=O)c1c(F)c(F)c(F)c(F)c1F)(c1ccc(Cc2ccc(I(OS(=O)(=O)c3c(F)c(F)c(F)c(F)c3F)c3ccc(Cc4ccc(S(OS(=O)(=O)c5c(F)c(F)c(F)c(F)c5F)(c5ccccc5C)c5ccccc5C)cc4)cc3)cc2)cc1)c1ccccc1C. The van der Waals surface area contributed by atoms with Crippen molar-refractivity contribution in [2.45, 2.75) is 84.6 Å². The van der Waals surface area contributed by atoms with E-state index in [1.807, 2.05) is 0 Å². The fourth-order valence-corrected chi connectivity index (χ4v) is 29.4. The van der Waals surface area contributed by atoms with Gasteiger partial charge in [-0.2, -0.15) is 16.8 Å². The predicted molar refractivity (Wildman–Crippen MR) is 356 cm³/mol. The minimum absolute atomic E-state index is 0.0273. The van der Waals surface area contributed by atoms with Crippen LogP contribution in [0.3, 0.4) is 0 Å². The first-order valence-corrected chi connectivity index (χ1v) is 39.9. The van der Waals surface area contributed by atoms with Crippen molar-refractivity contribution < 1.29 is 101 Å². The molecule has 0 bridgehead atoms. The molecule has 0 aliphatic carbocycles. The Bertz CT molecular complexity index is 5040. The van der Waals surface area contributed by atoms with Gasteiger partial charge in [0, 0.05) is 0 Å². The van der Waals surface area contributed by atoms with Crippen molar-refractivity contribution in [1.29, 1.82) is 0 Å². The monoisotopic (exact) mass is 1630 g/mol. The van der Waals surface area contributed by atoms with Crippen LogP contribution in [0.15, 0.2) is 238 Å². The van der Waals surface area contributed by atoms with Gasteiger partial charge in [0.05, 0.1) is 0 Å². The van der Waals surface area contributed by atoms with Crippen molar-refractivity contribution in [2.75, 3.05) is 0 Å². The van der Waals surface area contributed by atoms with E-state index < -0.39 is 173 Å². The molecule has 0 aliphatic rings. The molecule has 102 heavy (non-hydrogen) atoms. The summed E-state index contributed by atoms with van der Waals surface area (Å²) in [5, 5.41) is 0. The first-order chi connectivity index (χ1) is 48.2. The van der Waals surface area contributed by atoms with Crippen molar-refractivity contribution in [3.8, 4) is 0 Å². The average Bonchev–Trinajstić information content (AvgIpc) is 0.729. The van der Waals surface area contributed by atoms with Gasteiger partial charge in [-0.25, -0.2) is 43.9 Å². The molecule has 0 aromatic heterocycles. The van der Waals surface area contributed by atoms with Gasteiger partial charge in [-0.1, -0.05) is 72.8 Å². The average molecular weight is 1630 g/mol. The fraction of sp³-hybridized carbons (Fsp3) is 0.0833. The quantitative estimate of drug-likeness (QED) is 0.0299. The number of aryl methyl sites for hydroxylation is 4. The van der Waals surface area contributed by atoms with Gasteiger partial charge in [0.15, 0.2) is 56.3 Å². The zero-order valence-corrected chi connectivity index (χ0v) is 58.9. The predicted octanol–water partition coefficient (Wildman–Crippen LogP) is 20.3. The van der Waals surface area contributed by atoms with E-state index in [2.05, 4.69) is 0 Å². The molecule has 9 nitrogen and oxygen atoms in total. The Morgan fingerprint density at radius 2 is 0.471 bits per heavy atom. The van der Waals surface area contributed by atoms with Gasteiger partial charge in [0.2, 0.25) is 11.6 Å². The third-order valence-electron chi connectivity index (χ3n) is 16.0. The van der Waals surface area contributed by atoms with Crippen LogP contribution in [-0.2, 0) is 53.0 Å². The minimum atomic E-state index is -5.94. The summed E-state index contributed by atoms with van der Waals surface area (Å²) in [7, 11) is -25.4. The summed E-state index contributed by atoms with van der Waals surface area (Å²) >= 11 is -4.19. The van der Waals surface area contributed by atoms with E-state index in [0.29, 0.717) is 44.5 Å². The second-order valence-electron chi connectivity index (χ2n) is 22.6. The number of hydrogen-bond donors (Lipinski definition) is 0. The smallest absolute Gasteiger partial charge is 0.0619 e. The maximum absolute atomic E-state index is 15.5. The molecule has 0 heterocycles. The van der Waals surface area contributed by atoms with Crippen LogP contribution in [-0.4, -0.2) is 25.3 Å². The topological polar surface area (TPSA) is 130 Å². The van der Waals surface area contributed by atoms with Gasteiger partial charge in [-0.3, -0.25) is 0 Å². The summed E-state index contributed by atoms with van der Waals surface area (Å²) < 4.78 is 326. The first-order valence-electron chi connectivity index (χ1n) is 29.5. The Kier molecular flexibility index (Phi) is 21.2. The van der Waals surface area contributed by atoms with Crippen LogP contribution >= 0.6 is 40.9 Å². The summed E-state index contributed by atoms with van der Waals surface area (Å²) in [5.41, 5.74) is 3.45. The van der Waals surface area contributed by atoms with Crippen molar-refractivity contribution in [3.63, 3.8) is 0 Å². The van der Waals surface area contributed by atoms with E-state index in [9.17, 15) is 64.8 Å². The molecule has 0 spiro atoms. The first kappa shape index (κ1) is 74.7. The second-order valence-corrected chi connectivity index (χ2v) is 37.7. The third kappa shape index (κ3) is 13.6. The minimum Gasteiger partial charge on any atom is -0.0619 e. The van der Waals surface area contributed by atoms with Crippen molar-refractivity contribution in [3.05, 3.63) is 333 Å². The summed E-state index contributed by atoms with van der Waals surface area (Å²) in [5.74, 6) is -39.3. The number of rotatable bonds is 21. The van der Waals surface area contributed by atoms with Crippen LogP contribution in [0.4, 0.5) is 65.9 Å². The van der Waals surface area contributed by atoms with Crippen molar-refractivity contribution in [1.82, 2.24) is 0 Å². The van der Waals surface area contributed by atoms with E-state index in [1.165, 1.54) is 146 Å². The molecule has 11 rings (SSSR count). The summed E-state index contributed by atoms with van der Waals surface area (Å²) in [6.45, 7) is 6.32. The zero-order chi connectivity index (χ0) is 73.9. The van der Waals surface area contributed by atoms with Crippen LogP contribution < -0.4 is 0 Å². The molecule has 11 aromatic carbocycles. The molecule has 0 N–H and O–H groups in total. The van der Waals surface area contributed by atoms with Crippen LogP contribution in [0.2, 0.25) is 0 Å². The Balaban J connectivity index is 0.939. The summed E-state index contributed by atoms with van der Waals surface area (Å²) in [6, 6.07) is 48.0. The second kappa shape index (κ2) is 29.0. The number of benzene rings is 11.